The average Bonchev–Trinajstić information content (AvgIpc) is 3.33. The normalized spacial score (nSPS) is 20.8. The van der Waals surface area contributed by atoms with Gasteiger partial charge in [0.05, 0.1) is 34.3 Å². The van der Waals surface area contributed by atoms with Crippen molar-refractivity contribution < 1.29 is 14.7 Å². The fourth-order valence-corrected chi connectivity index (χ4v) is 5.11. The van der Waals surface area contributed by atoms with Crippen LogP contribution in [-0.4, -0.2) is 58.6 Å². The highest BCUT2D eigenvalue weighted by atomic mass is 32.1. The van der Waals surface area contributed by atoms with Crippen LogP contribution in [0.2, 0.25) is 0 Å². The van der Waals surface area contributed by atoms with E-state index in [1.54, 1.807) is 18.4 Å². The standard InChI is InChI=1S/C24H34N4O3S/c1-14(16-7-9-17(10-8-16)20-15(2)26-13-32-20)27-22(30)19-11-18(29)12-28(19)23(31)21(25-6)24(3,4)5/h7-10,13-14,18-19,21,25,29H,11-12H2,1-6H3,(H,27,30)/t14-,18+,19?,21-/m0/s1. The topological polar surface area (TPSA) is 94.6 Å². The van der Waals surface area contributed by atoms with Crippen LogP contribution >= 0.6 is 11.3 Å². The molecule has 0 spiro atoms. The van der Waals surface area contributed by atoms with Gasteiger partial charge < -0.3 is 20.6 Å². The highest BCUT2D eigenvalue weighted by Crippen LogP contribution is 2.29. The molecule has 2 heterocycles. The van der Waals surface area contributed by atoms with E-state index in [0.29, 0.717) is 0 Å². The molecule has 1 unspecified atom stereocenters. The average molecular weight is 459 g/mol. The number of β-amino-alcohol motifs (C(OH)–C–C–N with tert-alkyl or cyclic N) is 1. The Morgan fingerprint density at radius 3 is 2.44 bits per heavy atom. The highest BCUT2D eigenvalue weighted by molar-refractivity contribution is 7.13. The molecule has 0 bridgehead atoms. The number of aliphatic hydroxyl groups excluding tert-OH is 1. The molecule has 1 aliphatic heterocycles. The SMILES string of the molecule is CN[C@@H](C(=O)N1C[C@H](O)CC1C(=O)N[C@@H](C)c1ccc(-c2scnc2C)cc1)C(C)(C)C. The van der Waals surface area contributed by atoms with Crippen molar-refractivity contribution in [3.05, 3.63) is 41.0 Å². The molecule has 0 saturated carbocycles. The summed E-state index contributed by atoms with van der Waals surface area (Å²) in [6, 6.07) is 6.73. The molecule has 7 nitrogen and oxygen atoms in total. The van der Waals surface area contributed by atoms with Gasteiger partial charge in [-0.3, -0.25) is 9.59 Å². The van der Waals surface area contributed by atoms with Crippen LogP contribution in [0.5, 0.6) is 0 Å². The minimum atomic E-state index is -0.704. The molecule has 174 valence electrons. The molecule has 1 aromatic carbocycles. The van der Waals surface area contributed by atoms with Crippen molar-refractivity contribution in [2.75, 3.05) is 13.6 Å². The number of nitrogens with one attached hydrogen (secondary N) is 2. The Kier molecular flexibility index (Phi) is 7.37. The number of nitrogens with zero attached hydrogens (tertiary/aromatic N) is 2. The number of aliphatic hydroxyl groups is 1. The molecule has 2 amide bonds. The lowest BCUT2D eigenvalue weighted by atomic mass is 9.86. The van der Waals surface area contributed by atoms with E-state index < -0.39 is 18.2 Å². The van der Waals surface area contributed by atoms with Crippen molar-refractivity contribution >= 4 is 23.2 Å². The molecule has 1 aromatic heterocycles. The molecule has 1 aliphatic rings. The number of rotatable bonds is 6. The minimum Gasteiger partial charge on any atom is -0.391 e. The van der Waals surface area contributed by atoms with Gasteiger partial charge >= 0.3 is 0 Å². The summed E-state index contributed by atoms with van der Waals surface area (Å²) in [5, 5.41) is 16.3. The van der Waals surface area contributed by atoms with Crippen molar-refractivity contribution in [2.24, 2.45) is 5.41 Å². The maximum absolute atomic E-state index is 13.2. The lowest BCUT2D eigenvalue weighted by Gasteiger charge is -2.34. The van der Waals surface area contributed by atoms with E-state index in [0.717, 1.165) is 21.7 Å². The summed E-state index contributed by atoms with van der Waals surface area (Å²) in [5.74, 6) is -0.401. The van der Waals surface area contributed by atoms with E-state index in [1.807, 2.05) is 64.4 Å². The second kappa shape index (κ2) is 9.68. The van der Waals surface area contributed by atoms with Gasteiger partial charge in [-0.1, -0.05) is 45.0 Å². The number of aromatic nitrogens is 1. The first-order valence-corrected chi connectivity index (χ1v) is 11.9. The number of carbonyl (C=O) groups excluding carboxylic acids is 2. The molecule has 3 rings (SSSR count). The van der Waals surface area contributed by atoms with Crippen LogP contribution in [0.4, 0.5) is 0 Å². The molecule has 4 atom stereocenters. The zero-order valence-electron chi connectivity index (χ0n) is 19.7. The largest absolute Gasteiger partial charge is 0.391 e. The van der Waals surface area contributed by atoms with E-state index in [-0.39, 0.29) is 36.2 Å². The summed E-state index contributed by atoms with van der Waals surface area (Å²) in [7, 11) is 1.74. The van der Waals surface area contributed by atoms with Crippen LogP contribution in [0.25, 0.3) is 10.4 Å². The fourth-order valence-electron chi connectivity index (χ4n) is 4.29. The van der Waals surface area contributed by atoms with Crippen LogP contribution in [-0.2, 0) is 9.59 Å². The van der Waals surface area contributed by atoms with Gasteiger partial charge in [-0.15, -0.1) is 11.3 Å². The number of thiazole rings is 1. The highest BCUT2D eigenvalue weighted by Gasteiger charge is 2.43. The van der Waals surface area contributed by atoms with Gasteiger partial charge in [0.25, 0.3) is 0 Å². The number of benzene rings is 1. The van der Waals surface area contributed by atoms with Crippen molar-refractivity contribution in [2.45, 2.75) is 65.3 Å². The Balaban J connectivity index is 1.70. The molecule has 1 fully saturated rings. The van der Waals surface area contributed by atoms with Gasteiger partial charge in [-0.25, -0.2) is 4.98 Å². The van der Waals surface area contributed by atoms with E-state index in [9.17, 15) is 14.7 Å². The number of amides is 2. The summed E-state index contributed by atoms with van der Waals surface area (Å²) in [5.41, 5.74) is 4.60. The zero-order valence-corrected chi connectivity index (χ0v) is 20.5. The Hall–Kier alpha value is -2.29. The maximum atomic E-state index is 13.2. The number of likely N-dealkylation sites (tertiary alicyclic amines) is 1. The Bertz CT molecular complexity index is 951. The first kappa shape index (κ1) is 24.4. The van der Waals surface area contributed by atoms with Crippen LogP contribution in [0.3, 0.4) is 0 Å². The van der Waals surface area contributed by atoms with Crippen LogP contribution in [0, 0.1) is 12.3 Å². The van der Waals surface area contributed by atoms with Gasteiger partial charge in [0.1, 0.15) is 6.04 Å². The van der Waals surface area contributed by atoms with Crippen LogP contribution in [0.15, 0.2) is 29.8 Å². The predicted molar refractivity (Wildman–Crippen MR) is 127 cm³/mol. The number of likely N-dealkylation sites (N-methyl/N-ethyl adjacent to an activating group) is 1. The molecular formula is C24H34N4O3S. The van der Waals surface area contributed by atoms with Crippen LogP contribution in [0.1, 0.15) is 51.4 Å². The first-order valence-electron chi connectivity index (χ1n) is 11.0. The van der Waals surface area contributed by atoms with Gasteiger partial charge in [0, 0.05) is 13.0 Å². The van der Waals surface area contributed by atoms with Crippen molar-refractivity contribution in [1.29, 1.82) is 0 Å². The summed E-state index contributed by atoms with van der Waals surface area (Å²) in [6.07, 6.45) is -0.460. The molecule has 2 aromatic rings. The van der Waals surface area contributed by atoms with Gasteiger partial charge in [0.2, 0.25) is 11.8 Å². The van der Waals surface area contributed by atoms with Crippen molar-refractivity contribution in [3.63, 3.8) is 0 Å². The third-order valence-corrected chi connectivity index (χ3v) is 7.02. The van der Waals surface area contributed by atoms with E-state index >= 15 is 0 Å². The minimum absolute atomic E-state index is 0.159. The molecule has 8 heteroatoms. The Morgan fingerprint density at radius 2 is 1.91 bits per heavy atom. The summed E-state index contributed by atoms with van der Waals surface area (Å²) in [6.45, 7) is 10.0. The predicted octanol–water partition coefficient (Wildman–Crippen LogP) is 2.89. The van der Waals surface area contributed by atoms with Crippen LogP contribution < -0.4 is 10.6 Å². The molecule has 32 heavy (non-hydrogen) atoms. The second-order valence-electron chi connectivity index (χ2n) is 9.60. The third-order valence-electron chi connectivity index (χ3n) is 6.04. The molecule has 1 saturated heterocycles. The van der Waals surface area contributed by atoms with E-state index in [4.69, 9.17) is 0 Å². The third kappa shape index (κ3) is 5.19. The molecule has 3 N–H and O–H groups in total. The molecular weight excluding hydrogens is 424 g/mol. The number of aryl methyl sites for hydroxylation is 1. The number of hydrogen-bond donors (Lipinski definition) is 3. The fraction of sp³-hybridized carbons (Fsp3) is 0.542. The van der Waals surface area contributed by atoms with Gasteiger partial charge in [-0.05, 0) is 37.4 Å². The summed E-state index contributed by atoms with van der Waals surface area (Å²) in [4.78, 5) is 33.3. The summed E-state index contributed by atoms with van der Waals surface area (Å²) < 4.78 is 0. The van der Waals surface area contributed by atoms with Gasteiger partial charge in [0.15, 0.2) is 0 Å². The number of carbonyl (C=O) groups is 2. The zero-order chi connectivity index (χ0) is 23.6. The lowest BCUT2D eigenvalue weighted by molar-refractivity contribution is -0.142. The molecule has 0 aliphatic carbocycles. The Morgan fingerprint density at radius 1 is 1.25 bits per heavy atom. The van der Waals surface area contributed by atoms with E-state index in [2.05, 4.69) is 15.6 Å². The smallest absolute Gasteiger partial charge is 0.243 e. The lowest BCUT2D eigenvalue weighted by Crippen LogP contribution is -2.56. The van der Waals surface area contributed by atoms with Crippen molar-refractivity contribution in [1.82, 2.24) is 20.5 Å². The Labute approximate surface area is 194 Å². The number of hydrogen-bond acceptors (Lipinski definition) is 6. The molecule has 0 radical (unpaired) electrons. The van der Waals surface area contributed by atoms with Gasteiger partial charge in [-0.2, -0.15) is 0 Å². The monoisotopic (exact) mass is 458 g/mol. The van der Waals surface area contributed by atoms with E-state index in [1.165, 1.54) is 4.90 Å². The first-order chi connectivity index (χ1) is 15.0. The maximum Gasteiger partial charge on any atom is 0.243 e. The second-order valence-corrected chi connectivity index (χ2v) is 10.5. The van der Waals surface area contributed by atoms with Crippen molar-refractivity contribution in [3.8, 4) is 10.4 Å². The quantitative estimate of drug-likeness (QED) is 0.619. The summed E-state index contributed by atoms with van der Waals surface area (Å²) >= 11 is 1.61.